The Kier molecular flexibility index (Phi) is 8.71. The van der Waals surface area contributed by atoms with Crippen LogP contribution in [0.2, 0.25) is 5.02 Å². The third-order valence-electron chi connectivity index (χ3n) is 6.73. The molecule has 0 aliphatic carbocycles. The summed E-state index contributed by atoms with van der Waals surface area (Å²) in [7, 11) is 0. The number of hydrogen-bond donors (Lipinski definition) is 0. The zero-order valence-electron chi connectivity index (χ0n) is 21.1. The second-order valence-electron chi connectivity index (χ2n) is 9.18. The standard InChI is InChI=1S/C28H31ClFN5O2/c1-3-20(2)35(28(37)21-8-6-9-22(30)18-21)19-27(36)34-15-7-14-33(16-17-34)26-13-12-25(31-32-26)23-10-4-5-11-24(23)29/h4-6,8-13,18,20H,3,7,14-17,19H2,1-2H3. The van der Waals surface area contributed by atoms with E-state index in [1.807, 2.05) is 50.2 Å². The summed E-state index contributed by atoms with van der Waals surface area (Å²) in [4.78, 5) is 31.8. The maximum absolute atomic E-state index is 13.7. The van der Waals surface area contributed by atoms with Crippen molar-refractivity contribution in [1.29, 1.82) is 0 Å². The van der Waals surface area contributed by atoms with Gasteiger partial charge in [0.15, 0.2) is 5.82 Å². The highest BCUT2D eigenvalue weighted by Crippen LogP contribution is 2.26. The van der Waals surface area contributed by atoms with E-state index in [0.717, 1.165) is 24.3 Å². The van der Waals surface area contributed by atoms with Crippen molar-refractivity contribution in [2.75, 3.05) is 37.6 Å². The third-order valence-corrected chi connectivity index (χ3v) is 7.06. The molecule has 0 spiro atoms. The van der Waals surface area contributed by atoms with Crippen molar-refractivity contribution < 1.29 is 14.0 Å². The molecule has 194 valence electrons. The van der Waals surface area contributed by atoms with Gasteiger partial charge in [0.1, 0.15) is 12.4 Å². The first-order valence-electron chi connectivity index (χ1n) is 12.5. The van der Waals surface area contributed by atoms with Crippen molar-refractivity contribution in [2.24, 2.45) is 0 Å². The Morgan fingerprint density at radius 2 is 1.84 bits per heavy atom. The van der Waals surface area contributed by atoms with Crippen LogP contribution in [0, 0.1) is 5.82 Å². The molecule has 1 aliphatic rings. The van der Waals surface area contributed by atoms with E-state index in [0.29, 0.717) is 36.8 Å². The number of halogens is 2. The molecule has 0 N–H and O–H groups in total. The van der Waals surface area contributed by atoms with Crippen LogP contribution in [0.15, 0.2) is 60.7 Å². The van der Waals surface area contributed by atoms with Crippen molar-refractivity contribution in [2.45, 2.75) is 32.7 Å². The maximum Gasteiger partial charge on any atom is 0.254 e. The van der Waals surface area contributed by atoms with Crippen molar-refractivity contribution in [1.82, 2.24) is 20.0 Å². The van der Waals surface area contributed by atoms with Crippen LogP contribution >= 0.6 is 11.6 Å². The summed E-state index contributed by atoms with van der Waals surface area (Å²) in [6.07, 6.45) is 1.45. The molecule has 0 radical (unpaired) electrons. The summed E-state index contributed by atoms with van der Waals surface area (Å²) in [6.45, 7) is 6.26. The highest BCUT2D eigenvalue weighted by molar-refractivity contribution is 6.33. The molecule has 7 nitrogen and oxygen atoms in total. The lowest BCUT2D eigenvalue weighted by Gasteiger charge is -2.31. The lowest BCUT2D eigenvalue weighted by Crippen LogP contribution is -2.47. The summed E-state index contributed by atoms with van der Waals surface area (Å²) < 4.78 is 13.7. The van der Waals surface area contributed by atoms with Crippen LogP contribution in [0.25, 0.3) is 11.3 Å². The van der Waals surface area contributed by atoms with Gasteiger partial charge in [0.05, 0.1) is 10.7 Å². The number of benzene rings is 2. The van der Waals surface area contributed by atoms with Crippen molar-refractivity contribution >= 4 is 29.2 Å². The summed E-state index contributed by atoms with van der Waals surface area (Å²) in [6, 6.07) is 16.8. The van der Waals surface area contributed by atoms with E-state index in [1.54, 1.807) is 15.9 Å². The molecule has 0 bridgehead atoms. The van der Waals surface area contributed by atoms with E-state index < -0.39 is 5.82 Å². The van der Waals surface area contributed by atoms with Gasteiger partial charge in [0.2, 0.25) is 5.91 Å². The zero-order chi connectivity index (χ0) is 26.4. The molecule has 0 saturated carbocycles. The number of rotatable bonds is 7. The van der Waals surface area contributed by atoms with Crippen molar-refractivity contribution in [3.05, 3.63) is 77.1 Å². The Balaban J connectivity index is 1.40. The largest absolute Gasteiger partial charge is 0.353 e. The summed E-state index contributed by atoms with van der Waals surface area (Å²) in [5.41, 5.74) is 1.78. The van der Waals surface area contributed by atoms with E-state index in [1.165, 1.54) is 18.2 Å². The lowest BCUT2D eigenvalue weighted by atomic mass is 10.1. The number of amides is 2. The Hall–Kier alpha value is -3.52. The molecule has 1 atom stereocenters. The van der Waals surface area contributed by atoms with Crippen LogP contribution in [-0.4, -0.2) is 70.6 Å². The van der Waals surface area contributed by atoms with Crippen LogP contribution in [-0.2, 0) is 4.79 Å². The number of aromatic nitrogens is 2. The van der Waals surface area contributed by atoms with Gasteiger partial charge >= 0.3 is 0 Å². The van der Waals surface area contributed by atoms with Crippen LogP contribution in [0.3, 0.4) is 0 Å². The van der Waals surface area contributed by atoms with Gasteiger partial charge in [-0.3, -0.25) is 9.59 Å². The molecule has 2 heterocycles. The molecule has 1 aromatic heterocycles. The Morgan fingerprint density at radius 1 is 1.03 bits per heavy atom. The van der Waals surface area contributed by atoms with Gasteiger partial charge in [-0.15, -0.1) is 10.2 Å². The topological polar surface area (TPSA) is 69.6 Å². The quantitative estimate of drug-likeness (QED) is 0.440. The zero-order valence-corrected chi connectivity index (χ0v) is 21.9. The molecule has 1 aliphatic heterocycles. The lowest BCUT2D eigenvalue weighted by molar-refractivity contribution is -0.132. The molecule has 4 rings (SSSR count). The number of carbonyl (C=O) groups excluding carboxylic acids is 2. The fraction of sp³-hybridized carbons (Fsp3) is 0.357. The number of nitrogens with zero attached hydrogens (tertiary/aromatic N) is 5. The van der Waals surface area contributed by atoms with E-state index in [2.05, 4.69) is 15.1 Å². The minimum atomic E-state index is -0.475. The predicted molar refractivity (Wildman–Crippen MR) is 143 cm³/mol. The van der Waals surface area contributed by atoms with Crippen LogP contribution in [0.5, 0.6) is 0 Å². The van der Waals surface area contributed by atoms with Gasteiger partial charge < -0.3 is 14.7 Å². The molecule has 2 amide bonds. The van der Waals surface area contributed by atoms with Gasteiger partial charge in [0, 0.05) is 43.3 Å². The maximum atomic E-state index is 13.7. The van der Waals surface area contributed by atoms with Crippen LogP contribution in [0.1, 0.15) is 37.0 Å². The Labute approximate surface area is 221 Å². The number of hydrogen-bond acceptors (Lipinski definition) is 5. The molecule has 1 saturated heterocycles. The summed E-state index contributed by atoms with van der Waals surface area (Å²) in [5, 5.41) is 9.39. The monoisotopic (exact) mass is 523 g/mol. The highest BCUT2D eigenvalue weighted by Gasteiger charge is 2.27. The van der Waals surface area contributed by atoms with Gasteiger partial charge in [-0.2, -0.15) is 0 Å². The molecular weight excluding hydrogens is 493 g/mol. The first kappa shape index (κ1) is 26.5. The number of carbonyl (C=O) groups is 2. The second-order valence-corrected chi connectivity index (χ2v) is 9.59. The fourth-order valence-electron chi connectivity index (χ4n) is 4.38. The van der Waals surface area contributed by atoms with Gasteiger partial charge in [0.25, 0.3) is 5.91 Å². The average molecular weight is 524 g/mol. The summed E-state index contributed by atoms with van der Waals surface area (Å²) in [5.74, 6) is -0.191. The first-order chi connectivity index (χ1) is 17.9. The second kappa shape index (κ2) is 12.1. The Morgan fingerprint density at radius 3 is 2.54 bits per heavy atom. The molecule has 9 heteroatoms. The average Bonchev–Trinajstić information content (AvgIpc) is 3.18. The van der Waals surface area contributed by atoms with E-state index >= 15 is 0 Å². The molecule has 1 unspecified atom stereocenters. The van der Waals surface area contributed by atoms with Crippen molar-refractivity contribution in [3.8, 4) is 11.3 Å². The van der Waals surface area contributed by atoms with E-state index in [9.17, 15) is 14.0 Å². The first-order valence-corrected chi connectivity index (χ1v) is 12.9. The molecule has 37 heavy (non-hydrogen) atoms. The van der Waals surface area contributed by atoms with Gasteiger partial charge in [-0.1, -0.05) is 42.8 Å². The van der Waals surface area contributed by atoms with Crippen LogP contribution < -0.4 is 4.90 Å². The molecule has 2 aromatic carbocycles. The number of anilines is 1. The minimum absolute atomic E-state index is 0.0449. The smallest absolute Gasteiger partial charge is 0.254 e. The highest BCUT2D eigenvalue weighted by atomic mass is 35.5. The van der Waals surface area contributed by atoms with Crippen LogP contribution in [0.4, 0.5) is 10.2 Å². The normalized spacial score (nSPS) is 14.7. The summed E-state index contributed by atoms with van der Waals surface area (Å²) >= 11 is 6.28. The van der Waals surface area contributed by atoms with E-state index in [-0.39, 0.29) is 30.0 Å². The minimum Gasteiger partial charge on any atom is -0.353 e. The Bertz CT molecular complexity index is 1240. The SMILES string of the molecule is CCC(C)N(CC(=O)N1CCCN(c2ccc(-c3ccccc3Cl)nn2)CC1)C(=O)c1cccc(F)c1. The third kappa shape index (κ3) is 6.43. The molecule has 1 fully saturated rings. The predicted octanol–water partition coefficient (Wildman–Crippen LogP) is 4.92. The van der Waals surface area contributed by atoms with E-state index in [4.69, 9.17) is 11.6 Å². The van der Waals surface area contributed by atoms with Crippen molar-refractivity contribution in [3.63, 3.8) is 0 Å². The van der Waals surface area contributed by atoms with Gasteiger partial charge in [-0.05, 0) is 56.2 Å². The fourth-order valence-corrected chi connectivity index (χ4v) is 4.62. The molecular formula is C28H31ClFN5O2. The molecule has 3 aromatic rings. The van der Waals surface area contributed by atoms with Gasteiger partial charge in [-0.25, -0.2) is 4.39 Å².